The van der Waals surface area contributed by atoms with Gasteiger partial charge in [0.25, 0.3) is 0 Å². The van der Waals surface area contributed by atoms with Crippen molar-refractivity contribution in [1.82, 2.24) is 24.6 Å². The van der Waals surface area contributed by atoms with Gasteiger partial charge in [-0.2, -0.15) is 5.10 Å². The number of carbonyl (C=O) groups is 1. The van der Waals surface area contributed by atoms with Gasteiger partial charge in [0.05, 0.1) is 29.7 Å². The number of hydrogen-bond donors (Lipinski definition) is 3. The van der Waals surface area contributed by atoms with Crippen LogP contribution >= 0.6 is 0 Å². The van der Waals surface area contributed by atoms with Crippen LogP contribution in [0.4, 0.5) is 26.0 Å². The third-order valence-corrected chi connectivity index (χ3v) is 6.91. The van der Waals surface area contributed by atoms with Crippen LogP contribution in [0.3, 0.4) is 0 Å². The fourth-order valence-corrected chi connectivity index (χ4v) is 4.97. The molecule has 4 aromatic rings. The molecule has 1 saturated carbocycles. The zero-order chi connectivity index (χ0) is 27.9. The predicted octanol–water partition coefficient (Wildman–Crippen LogP) is 4.10. The van der Waals surface area contributed by atoms with Crippen LogP contribution in [0.1, 0.15) is 25.7 Å². The number of aliphatic hydroxyl groups is 1. The van der Waals surface area contributed by atoms with Crippen LogP contribution in [0.2, 0.25) is 0 Å². The lowest BCUT2D eigenvalue weighted by atomic mass is 10.2. The van der Waals surface area contributed by atoms with Gasteiger partial charge in [-0.3, -0.25) is 14.4 Å². The van der Waals surface area contributed by atoms with E-state index in [9.17, 15) is 18.7 Å². The molecule has 0 atom stereocenters. The molecule has 210 valence electrons. The normalized spacial score (nSPS) is 13.7. The number of carbonyl (C=O) groups excluding carboxylic acids is 1. The van der Waals surface area contributed by atoms with Crippen molar-refractivity contribution < 1.29 is 23.4 Å². The number of amides is 1. The van der Waals surface area contributed by atoms with Crippen LogP contribution in [0.5, 0.6) is 5.75 Å². The van der Waals surface area contributed by atoms with Crippen molar-refractivity contribution in [3.8, 4) is 5.75 Å². The van der Waals surface area contributed by atoms with E-state index in [0.717, 1.165) is 18.0 Å². The van der Waals surface area contributed by atoms with Gasteiger partial charge in [0.2, 0.25) is 5.91 Å². The van der Waals surface area contributed by atoms with Gasteiger partial charge in [-0.1, -0.05) is 18.9 Å². The van der Waals surface area contributed by atoms with E-state index in [4.69, 9.17) is 4.74 Å². The standard InChI is InChI=1S/C28H31F2N7O3/c29-23-6-3-7-24(27(23)30)35-26(39)17-37-16-19(15-33-37)34-28-22-9-8-21(14-25(22)31-18-32-28)40-13-11-36(10-12-38)20-4-1-2-5-20/h3,6-9,14-16,18,20,38H,1-2,4-5,10-13,17H2,(H,35,39)(H,31,32,34). The van der Waals surface area contributed by atoms with Gasteiger partial charge in [-0.05, 0) is 37.1 Å². The first kappa shape index (κ1) is 27.4. The number of halogens is 2. The first-order valence-corrected chi connectivity index (χ1v) is 13.3. The zero-order valence-corrected chi connectivity index (χ0v) is 21.9. The van der Waals surface area contributed by atoms with Crippen molar-refractivity contribution >= 4 is 34.0 Å². The molecular weight excluding hydrogens is 520 g/mol. The maximum absolute atomic E-state index is 13.8. The summed E-state index contributed by atoms with van der Waals surface area (Å²) in [4.78, 5) is 23.3. The molecule has 40 heavy (non-hydrogen) atoms. The van der Waals surface area contributed by atoms with Crippen molar-refractivity contribution in [2.75, 3.05) is 36.9 Å². The van der Waals surface area contributed by atoms with E-state index in [-0.39, 0.29) is 18.8 Å². The minimum atomic E-state index is -1.12. The first-order valence-electron chi connectivity index (χ1n) is 13.3. The van der Waals surface area contributed by atoms with Crippen LogP contribution in [0, 0.1) is 11.6 Å². The van der Waals surface area contributed by atoms with Crippen LogP contribution in [-0.2, 0) is 11.3 Å². The summed E-state index contributed by atoms with van der Waals surface area (Å²) in [6.45, 7) is 1.86. The second kappa shape index (κ2) is 12.8. The zero-order valence-electron chi connectivity index (χ0n) is 21.9. The fourth-order valence-electron chi connectivity index (χ4n) is 4.97. The van der Waals surface area contributed by atoms with Crippen molar-refractivity contribution in [3.63, 3.8) is 0 Å². The fraction of sp³-hybridized carbons (Fsp3) is 0.357. The van der Waals surface area contributed by atoms with E-state index in [1.807, 2.05) is 18.2 Å². The molecular formula is C28H31F2N7O3. The summed E-state index contributed by atoms with van der Waals surface area (Å²) in [6, 6.07) is 9.69. The smallest absolute Gasteiger partial charge is 0.246 e. The van der Waals surface area contributed by atoms with Gasteiger partial charge in [-0.25, -0.2) is 18.7 Å². The number of fused-ring (bicyclic) bond motifs is 1. The molecule has 2 heterocycles. The Morgan fingerprint density at radius 1 is 1.15 bits per heavy atom. The summed E-state index contributed by atoms with van der Waals surface area (Å²) in [5, 5.41) is 19.9. The molecule has 3 N–H and O–H groups in total. The molecule has 0 bridgehead atoms. The highest BCUT2D eigenvalue weighted by Gasteiger charge is 2.22. The molecule has 0 saturated heterocycles. The lowest BCUT2D eigenvalue weighted by Crippen LogP contribution is -2.38. The number of aromatic nitrogens is 4. The number of aliphatic hydroxyl groups excluding tert-OH is 1. The molecule has 1 fully saturated rings. The SMILES string of the molecule is O=C(Cn1cc(Nc2ncnc3cc(OCCN(CCO)C4CCCC4)ccc23)cn1)Nc1cccc(F)c1F. The Labute approximate surface area is 230 Å². The third-order valence-electron chi connectivity index (χ3n) is 6.91. The van der Waals surface area contributed by atoms with Crippen molar-refractivity contribution in [1.29, 1.82) is 0 Å². The molecule has 0 aliphatic heterocycles. The largest absolute Gasteiger partial charge is 0.492 e. The van der Waals surface area contributed by atoms with E-state index >= 15 is 0 Å². The summed E-state index contributed by atoms with van der Waals surface area (Å²) >= 11 is 0. The molecule has 2 aromatic carbocycles. The minimum absolute atomic E-state index is 0.139. The second-order valence-electron chi connectivity index (χ2n) is 9.65. The van der Waals surface area contributed by atoms with E-state index in [2.05, 4.69) is 30.6 Å². The molecule has 0 spiro atoms. The van der Waals surface area contributed by atoms with Gasteiger partial charge in [-0.15, -0.1) is 0 Å². The average Bonchev–Trinajstić information content (AvgIpc) is 3.64. The average molecular weight is 552 g/mol. The minimum Gasteiger partial charge on any atom is -0.492 e. The highest BCUT2D eigenvalue weighted by atomic mass is 19.2. The topological polar surface area (TPSA) is 117 Å². The number of nitrogens with one attached hydrogen (secondary N) is 2. The predicted molar refractivity (Wildman–Crippen MR) is 146 cm³/mol. The number of rotatable bonds is 12. The van der Waals surface area contributed by atoms with Crippen molar-refractivity contribution in [3.05, 3.63) is 66.8 Å². The molecule has 10 nitrogen and oxygen atoms in total. The molecule has 5 rings (SSSR count). The van der Waals surface area contributed by atoms with Crippen molar-refractivity contribution in [2.45, 2.75) is 38.3 Å². The van der Waals surface area contributed by atoms with Gasteiger partial charge >= 0.3 is 0 Å². The third kappa shape index (κ3) is 6.69. The summed E-state index contributed by atoms with van der Waals surface area (Å²) in [5.74, 6) is -1.46. The molecule has 12 heteroatoms. The van der Waals surface area contributed by atoms with E-state index in [0.29, 0.717) is 42.0 Å². The highest BCUT2D eigenvalue weighted by molar-refractivity contribution is 5.92. The Morgan fingerprint density at radius 3 is 2.83 bits per heavy atom. The summed E-state index contributed by atoms with van der Waals surface area (Å²) in [7, 11) is 0. The Bertz CT molecular complexity index is 1460. The van der Waals surface area contributed by atoms with Crippen LogP contribution in [0.25, 0.3) is 10.9 Å². The highest BCUT2D eigenvalue weighted by Crippen LogP contribution is 2.27. The van der Waals surface area contributed by atoms with E-state index in [1.54, 1.807) is 6.20 Å². The first-order chi connectivity index (χ1) is 19.5. The number of ether oxygens (including phenoxy) is 1. The maximum Gasteiger partial charge on any atom is 0.246 e. The van der Waals surface area contributed by atoms with Gasteiger partial charge in [0.1, 0.15) is 31.0 Å². The van der Waals surface area contributed by atoms with Crippen molar-refractivity contribution in [2.24, 2.45) is 0 Å². The van der Waals surface area contributed by atoms with Gasteiger partial charge in [0, 0.05) is 36.8 Å². The molecule has 1 aliphatic carbocycles. The van der Waals surface area contributed by atoms with Crippen LogP contribution < -0.4 is 15.4 Å². The molecule has 0 radical (unpaired) electrons. The Morgan fingerprint density at radius 2 is 2.00 bits per heavy atom. The van der Waals surface area contributed by atoms with Gasteiger partial charge < -0.3 is 20.5 Å². The van der Waals surface area contributed by atoms with Crippen LogP contribution in [-0.4, -0.2) is 68.0 Å². The van der Waals surface area contributed by atoms with Gasteiger partial charge in [0.15, 0.2) is 11.6 Å². The summed E-state index contributed by atoms with van der Waals surface area (Å²) in [6.07, 6.45) is 9.40. The Hall–Kier alpha value is -4.16. The quantitative estimate of drug-likeness (QED) is 0.241. The molecule has 2 aromatic heterocycles. The van der Waals surface area contributed by atoms with E-state index in [1.165, 1.54) is 55.0 Å². The lowest BCUT2D eigenvalue weighted by molar-refractivity contribution is -0.116. The molecule has 1 aliphatic rings. The molecule has 1 amide bonds. The number of nitrogens with zero attached hydrogens (tertiary/aromatic N) is 5. The Kier molecular flexibility index (Phi) is 8.77. The summed E-state index contributed by atoms with van der Waals surface area (Å²) < 4.78 is 34.6. The Balaban J connectivity index is 1.18. The number of anilines is 3. The summed E-state index contributed by atoms with van der Waals surface area (Å²) in [5.41, 5.74) is 1.05. The molecule has 0 unspecified atom stereocenters. The number of benzene rings is 2. The lowest BCUT2D eigenvalue weighted by Gasteiger charge is -2.27. The van der Waals surface area contributed by atoms with Crippen LogP contribution in [0.15, 0.2) is 55.1 Å². The number of hydrogen-bond acceptors (Lipinski definition) is 8. The monoisotopic (exact) mass is 551 g/mol. The maximum atomic E-state index is 13.8. The second-order valence-corrected chi connectivity index (χ2v) is 9.65. The van der Waals surface area contributed by atoms with E-state index < -0.39 is 17.5 Å².